The van der Waals surface area contributed by atoms with E-state index in [1.807, 2.05) is 13.8 Å². The lowest BCUT2D eigenvalue weighted by atomic mass is 10.2. The molecule has 54 valence electrons. The first-order valence-corrected chi connectivity index (χ1v) is 3.70. The van der Waals surface area contributed by atoms with Crippen molar-refractivity contribution in [3.05, 3.63) is 11.3 Å². The van der Waals surface area contributed by atoms with Crippen molar-refractivity contribution in [2.24, 2.45) is 5.73 Å². The molecule has 0 aliphatic rings. The maximum Gasteiger partial charge on any atom is 0.130 e. The van der Waals surface area contributed by atoms with Crippen LogP contribution in [-0.2, 0) is 0 Å². The molecule has 0 fully saturated rings. The van der Waals surface area contributed by atoms with Crippen molar-refractivity contribution >= 4 is 23.2 Å². The number of alkyl halides is 2. The highest BCUT2D eigenvalue weighted by molar-refractivity contribution is 6.46. The second-order valence-electron chi connectivity index (χ2n) is 1.86. The van der Waals surface area contributed by atoms with Crippen molar-refractivity contribution in [1.29, 1.82) is 0 Å². The van der Waals surface area contributed by atoms with Crippen molar-refractivity contribution in [3.63, 3.8) is 0 Å². The first kappa shape index (κ1) is 9.12. The third-order valence-electron chi connectivity index (χ3n) is 1.21. The first-order valence-electron chi connectivity index (χ1n) is 2.82. The fraction of sp³-hybridized carbons (Fsp3) is 0.667. The van der Waals surface area contributed by atoms with E-state index in [0.717, 1.165) is 17.7 Å². The van der Waals surface area contributed by atoms with Crippen LogP contribution in [0.3, 0.4) is 0 Å². The molecule has 2 N–H and O–H groups in total. The molecule has 0 atom stereocenters. The Hall–Kier alpha value is 0.120. The van der Waals surface area contributed by atoms with Crippen LogP contribution in [0, 0.1) is 0 Å². The van der Waals surface area contributed by atoms with Gasteiger partial charge in [0.2, 0.25) is 0 Å². The van der Waals surface area contributed by atoms with Gasteiger partial charge >= 0.3 is 0 Å². The predicted octanol–water partition coefficient (Wildman–Crippen LogP) is 2.43. The lowest BCUT2D eigenvalue weighted by Crippen LogP contribution is -2.03. The van der Waals surface area contributed by atoms with Gasteiger partial charge in [-0.05, 0) is 18.9 Å². The number of hydrogen-bond acceptors (Lipinski definition) is 1. The van der Waals surface area contributed by atoms with E-state index in [9.17, 15) is 0 Å². The molecule has 0 aliphatic carbocycles. The first-order chi connectivity index (χ1) is 4.09. The quantitative estimate of drug-likeness (QED) is 0.629. The van der Waals surface area contributed by atoms with E-state index >= 15 is 0 Å². The van der Waals surface area contributed by atoms with Crippen LogP contribution in [0.4, 0.5) is 0 Å². The molecule has 0 radical (unpaired) electrons. The van der Waals surface area contributed by atoms with Crippen LogP contribution in [0.25, 0.3) is 0 Å². The molecule has 0 saturated heterocycles. The summed E-state index contributed by atoms with van der Waals surface area (Å²) >= 11 is 11.1. The standard InChI is InChI=1S/C6H11Cl2N/c1-3-5(9)4(2)6(7)8/h6H,3,9H2,1-2H3/b5-4+. The zero-order chi connectivity index (χ0) is 7.44. The summed E-state index contributed by atoms with van der Waals surface area (Å²) in [6, 6.07) is 0. The minimum atomic E-state index is -0.454. The Balaban J connectivity index is 4.10. The smallest absolute Gasteiger partial charge is 0.130 e. The van der Waals surface area contributed by atoms with E-state index in [-0.39, 0.29) is 0 Å². The van der Waals surface area contributed by atoms with Gasteiger partial charge < -0.3 is 5.73 Å². The van der Waals surface area contributed by atoms with Crippen LogP contribution >= 0.6 is 23.2 Å². The molecule has 1 nitrogen and oxygen atoms in total. The lowest BCUT2D eigenvalue weighted by molar-refractivity contribution is 1.02. The topological polar surface area (TPSA) is 26.0 Å². The molecule has 0 amide bonds. The third kappa shape index (κ3) is 2.97. The van der Waals surface area contributed by atoms with Crippen LogP contribution in [0.5, 0.6) is 0 Å². The van der Waals surface area contributed by atoms with Crippen LogP contribution in [0.2, 0.25) is 0 Å². The third-order valence-corrected chi connectivity index (χ3v) is 1.87. The largest absolute Gasteiger partial charge is 0.402 e. The molecule has 9 heavy (non-hydrogen) atoms. The van der Waals surface area contributed by atoms with Crippen LogP contribution in [0.15, 0.2) is 11.3 Å². The minimum absolute atomic E-state index is 0.454. The molecule has 0 bridgehead atoms. The maximum absolute atomic E-state index is 5.53. The number of allylic oxidation sites excluding steroid dienone is 2. The Kier molecular flexibility index (Phi) is 4.07. The number of nitrogens with two attached hydrogens (primary N) is 1. The summed E-state index contributed by atoms with van der Waals surface area (Å²) < 4.78 is 0. The normalized spacial score (nSPS) is 13.9. The van der Waals surface area contributed by atoms with Gasteiger partial charge in [0.1, 0.15) is 4.84 Å². The monoisotopic (exact) mass is 167 g/mol. The van der Waals surface area contributed by atoms with Crippen molar-refractivity contribution in [1.82, 2.24) is 0 Å². The predicted molar refractivity (Wildman–Crippen MR) is 42.7 cm³/mol. The van der Waals surface area contributed by atoms with Crippen molar-refractivity contribution < 1.29 is 0 Å². The number of rotatable bonds is 2. The molecule has 0 aliphatic heterocycles. The molecule has 0 unspecified atom stereocenters. The van der Waals surface area contributed by atoms with Crippen molar-refractivity contribution in [2.75, 3.05) is 0 Å². The van der Waals surface area contributed by atoms with Gasteiger partial charge in [-0.1, -0.05) is 6.92 Å². The molecular weight excluding hydrogens is 157 g/mol. The second-order valence-corrected chi connectivity index (χ2v) is 2.96. The molecule has 0 aromatic rings. The van der Waals surface area contributed by atoms with Gasteiger partial charge in [0, 0.05) is 5.70 Å². The summed E-state index contributed by atoms with van der Waals surface area (Å²) in [5, 5.41) is 0. The molecule has 0 saturated carbocycles. The summed E-state index contributed by atoms with van der Waals surface area (Å²) in [4.78, 5) is -0.454. The van der Waals surface area contributed by atoms with E-state index in [2.05, 4.69) is 0 Å². The van der Waals surface area contributed by atoms with Gasteiger partial charge in [-0.2, -0.15) is 0 Å². The number of halogens is 2. The summed E-state index contributed by atoms with van der Waals surface area (Å²) in [6.07, 6.45) is 0.807. The van der Waals surface area contributed by atoms with Gasteiger partial charge in [0.05, 0.1) is 0 Å². The minimum Gasteiger partial charge on any atom is -0.402 e. The summed E-state index contributed by atoms with van der Waals surface area (Å²) in [7, 11) is 0. The van der Waals surface area contributed by atoms with Gasteiger partial charge in [-0.15, -0.1) is 23.2 Å². The number of hydrogen-bond donors (Lipinski definition) is 1. The average molecular weight is 168 g/mol. The Labute approximate surface area is 65.8 Å². The maximum atomic E-state index is 5.53. The molecule has 0 spiro atoms. The van der Waals surface area contributed by atoms with Crippen LogP contribution < -0.4 is 5.73 Å². The highest BCUT2D eigenvalue weighted by Crippen LogP contribution is 2.16. The second kappa shape index (κ2) is 4.02. The fourth-order valence-electron chi connectivity index (χ4n) is 0.419. The lowest BCUT2D eigenvalue weighted by Gasteiger charge is -2.04. The Bertz CT molecular complexity index is 118. The van der Waals surface area contributed by atoms with Gasteiger partial charge in [0.25, 0.3) is 0 Å². The van der Waals surface area contributed by atoms with E-state index in [1.165, 1.54) is 0 Å². The zero-order valence-electron chi connectivity index (χ0n) is 5.62. The highest BCUT2D eigenvalue weighted by Gasteiger charge is 2.03. The Morgan fingerprint density at radius 1 is 1.56 bits per heavy atom. The van der Waals surface area contributed by atoms with E-state index in [0.29, 0.717) is 0 Å². The van der Waals surface area contributed by atoms with E-state index in [4.69, 9.17) is 28.9 Å². The Morgan fingerprint density at radius 3 is 2.11 bits per heavy atom. The fourth-order valence-corrected chi connectivity index (χ4v) is 0.699. The van der Waals surface area contributed by atoms with E-state index in [1.54, 1.807) is 0 Å². The van der Waals surface area contributed by atoms with Crippen LogP contribution in [-0.4, -0.2) is 4.84 Å². The van der Waals surface area contributed by atoms with Crippen molar-refractivity contribution in [3.8, 4) is 0 Å². The molecule has 0 aromatic carbocycles. The molecule has 0 aromatic heterocycles. The summed E-state index contributed by atoms with van der Waals surface area (Å²) in [5.41, 5.74) is 7.17. The molecular formula is C6H11Cl2N. The Morgan fingerprint density at radius 2 is 2.00 bits per heavy atom. The summed E-state index contributed by atoms with van der Waals surface area (Å²) in [6.45, 7) is 3.80. The molecule has 0 rings (SSSR count). The molecule has 3 heteroatoms. The summed E-state index contributed by atoms with van der Waals surface area (Å²) in [5.74, 6) is 0. The zero-order valence-corrected chi connectivity index (χ0v) is 7.13. The van der Waals surface area contributed by atoms with Gasteiger partial charge in [0.15, 0.2) is 0 Å². The van der Waals surface area contributed by atoms with Crippen LogP contribution in [0.1, 0.15) is 20.3 Å². The average Bonchev–Trinajstić information content (AvgIpc) is 1.84. The van der Waals surface area contributed by atoms with Gasteiger partial charge in [-0.3, -0.25) is 0 Å². The van der Waals surface area contributed by atoms with E-state index < -0.39 is 4.84 Å². The highest BCUT2D eigenvalue weighted by atomic mass is 35.5. The SMILES string of the molecule is CC/C(N)=C(/C)C(Cl)Cl. The van der Waals surface area contributed by atoms with Crippen molar-refractivity contribution in [2.45, 2.75) is 25.1 Å². The molecule has 0 heterocycles. The van der Waals surface area contributed by atoms with Gasteiger partial charge in [-0.25, -0.2) is 0 Å².